The van der Waals surface area contributed by atoms with Crippen LogP contribution in [0.4, 0.5) is 4.79 Å². The van der Waals surface area contributed by atoms with Gasteiger partial charge in [0.05, 0.1) is 17.2 Å². The van der Waals surface area contributed by atoms with Crippen LogP contribution in [0.5, 0.6) is 5.75 Å². The Morgan fingerprint density at radius 1 is 1.14 bits per heavy atom. The summed E-state index contributed by atoms with van der Waals surface area (Å²) in [6.07, 6.45) is 1.51. The highest BCUT2D eigenvalue weighted by molar-refractivity contribution is 8.01. The van der Waals surface area contributed by atoms with Crippen LogP contribution < -0.4 is 16.3 Å². The summed E-state index contributed by atoms with van der Waals surface area (Å²) < 4.78 is 0.854. The normalized spacial score (nSPS) is 19.2. The number of hydrogen-bond acceptors (Lipinski definition) is 10. The molecule has 226 valence electrons. The number of aromatic nitrogens is 5. The molecule has 0 aliphatic carbocycles. The number of hydrogen-bond donors (Lipinski definition) is 6. The number of imidazole rings is 1. The zero-order valence-electron chi connectivity index (χ0n) is 22.8. The smallest absolute Gasteiger partial charge is 0.352 e. The number of β-lactam (4-membered cyclic amide) rings is 1. The maximum atomic E-state index is 13.7. The van der Waals surface area contributed by atoms with Crippen molar-refractivity contribution in [1.29, 1.82) is 0 Å². The van der Waals surface area contributed by atoms with E-state index in [9.17, 15) is 34.2 Å². The van der Waals surface area contributed by atoms with Crippen molar-refractivity contribution in [3.63, 3.8) is 0 Å². The second-order valence-electron chi connectivity index (χ2n) is 9.91. The van der Waals surface area contributed by atoms with Gasteiger partial charge in [0.25, 0.3) is 5.91 Å². The molecule has 2 aromatic heterocycles. The second-order valence-corrected chi connectivity index (χ2v) is 12.4. The Bertz CT molecular complexity index is 1870. The first-order chi connectivity index (χ1) is 21.1. The topological polar surface area (TPSA) is 215 Å². The zero-order chi connectivity index (χ0) is 31.1. The first-order valence-corrected chi connectivity index (χ1v) is 15.1. The van der Waals surface area contributed by atoms with Crippen molar-refractivity contribution in [3.8, 4) is 5.75 Å². The minimum absolute atomic E-state index is 0.0736. The summed E-state index contributed by atoms with van der Waals surface area (Å²) in [7, 11) is 0. The van der Waals surface area contributed by atoms with Gasteiger partial charge in [-0.1, -0.05) is 41.2 Å². The van der Waals surface area contributed by atoms with Gasteiger partial charge < -0.3 is 25.8 Å². The molecule has 0 bridgehead atoms. The summed E-state index contributed by atoms with van der Waals surface area (Å²) >= 11 is 2.63. The molecule has 1 fully saturated rings. The van der Waals surface area contributed by atoms with E-state index in [1.165, 1.54) is 58.9 Å². The van der Waals surface area contributed by atoms with E-state index in [1.54, 1.807) is 24.3 Å². The molecule has 4 heterocycles. The van der Waals surface area contributed by atoms with E-state index < -0.39 is 47.0 Å². The Kier molecular flexibility index (Phi) is 7.64. The standard InChI is InChI=1S/C27H24N8O7S2/c1-12(44-18-10-28-33-32-18)15-11-43-24-20(23(38)35(24)21(15)25(39)40)30-22(37)19(13-6-8-14(36)9-7-13)31-27(42)34-17-5-3-2-4-16(17)29-26(34)41/h2-10,12,19-20,24,36H,11H2,1H3,(H,29,41)(H,30,37)(H,31,42)(H,39,40)(H,28,32,33)/t12?,19?,20?,24-/m0/s1. The maximum absolute atomic E-state index is 13.7. The average Bonchev–Trinajstić information content (AvgIpc) is 3.64. The number of benzene rings is 2. The lowest BCUT2D eigenvalue weighted by Gasteiger charge is -2.50. The minimum atomic E-state index is -1.37. The molecular formula is C27H24N8O7S2. The van der Waals surface area contributed by atoms with Gasteiger partial charge in [0.15, 0.2) is 0 Å². The summed E-state index contributed by atoms with van der Waals surface area (Å²) in [5.74, 6) is -2.43. The number of H-pyrrole nitrogens is 2. The molecule has 44 heavy (non-hydrogen) atoms. The van der Waals surface area contributed by atoms with Crippen LogP contribution >= 0.6 is 23.5 Å². The molecule has 15 nitrogen and oxygen atoms in total. The number of aliphatic carboxylic acids is 1. The zero-order valence-corrected chi connectivity index (χ0v) is 24.4. The van der Waals surface area contributed by atoms with E-state index in [0.717, 1.165) is 4.57 Å². The van der Waals surface area contributed by atoms with Gasteiger partial charge >= 0.3 is 17.7 Å². The molecule has 6 rings (SSSR count). The molecule has 2 aromatic carbocycles. The first-order valence-electron chi connectivity index (χ1n) is 13.2. The lowest BCUT2D eigenvalue weighted by atomic mass is 10.00. The molecule has 0 radical (unpaired) electrons. The number of carboxylic acid groups (broad SMARTS) is 1. The third-order valence-corrected chi connectivity index (χ3v) is 9.63. The number of nitrogens with one attached hydrogen (secondary N) is 4. The third-order valence-electron chi connectivity index (χ3n) is 7.23. The number of nitrogens with zero attached hydrogens (tertiary/aromatic N) is 4. The van der Waals surface area contributed by atoms with Crippen LogP contribution in [0, 0.1) is 0 Å². The lowest BCUT2D eigenvalue weighted by Crippen LogP contribution is -2.71. The van der Waals surface area contributed by atoms with E-state index in [4.69, 9.17) is 0 Å². The van der Waals surface area contributed by atoms with Crippen LogP contribution in [-0.4, -0.2) is 86.3 Å². The Balaban J connectivity index is 1.24. The van der Waals surface area contributed by atoms with E-state index >= 15 is 0 Å². The van der Waals surface area contributed by atoms with E-state index in [-0.39, 0.29) is 22.3 Å². The number of carboxylic acids is 1. The van der Waals surface area contributed by atoms with Crippen LogP contribution in [0.25, 0.3) is 11.0 Å². The summed E-state index contributed by atoms with van der Waals surface area (Å²) in [4.78, 5) is 69.0. The third kappa shape index (κ3) is 5.19. The minimum Gasteiger partial charge on any atom is -0.508 e. The fourth-order valence-electron chi connectivity index (χ4n) is 5.11. The Morgan fingerprint density at radius 2 is 1.89 bits per heavy atom. The molecule has 3 unspecified atom stereocenters. The lowest BCUT2D eigenvalue weighted by molar-refractivity contribution is -0.151. The van der Waals surface area contributed by atoms with Crippen LogP contribution in [0.2, 0.25) is 0 Å². The summed E-state index contributed by atoms with van der Waals surface area (Å²) in [6, 6.07) is 8.71. The Labute approximate surface area is 256 Å². The van der Waals surface area contributed by atoms with Crippen molar-refractivity contribution in [2.24, 2.45) is 0 Å². The fraction of sp³-hybridized carbons (Fsp3) is 0.222. The highest BCUT2D eigenvalue weighted by Gasteiger charge is 2.55. The molecular weight excluding hydrogens is 612 g/mol. The highest BCUT2D eigenvalue weighted by Crippen LogP contribution is 2.43. The largest absolute Gasteiger partial charge is 0.508 e. The molecule has 1 saturated heterocycles. The number of aromatic hydroxyl groups is 1. The summed E-state index contributed by atoms with van der Waals surface area (Å²) in [5, 5.41) is 34.8. The predicted molar refractivity (Wildman–Crippen MR) is 159 cm³/mol. The number of carbonyl (C=O) groups excluding carboxylic acids is 3. The number of phenols is 1. The molecule has 0 spiro atoms. The van der Waals surface area contributed by atoms with E-state index in [2.05, 4.69) is 31.0 Å². The van der Waals surface area contributed by atoms with Crippen molar-refractivity contribution in [1.82, 2.24) is 40.5 Å². The van der Waals surface area contributed by atoms with Gasteiger partial charge in [-0.05, 0) is 42.3 Å². The van der Waals surface area contributed by atoms with Crippen molar-refractivity contribution in [2.75, 3.05) is 5.75 Å². The molecule has 6 N–H and O–H groups in total. The van der Waals surface area contributed by atoms with Crippen molar-refractivity contribution >= 4 is 58.4 Å². The summed E-state index contributed by atoms with van der Waals surface area (Å²) in [6.45, 7) is 1.82. The van der Waals surface area contributed by atoms with Gasteiger partial charge in [-0.3, -0.25) is 19.6 Å². The fourth-order valence-corrected chi connectivity index (χ4v) is 7.61. The van der Waals surface area contributed by atoms with Crippen molar-refractivity contribution in [2.45, 2.75) is 34.7 Å². The monoisotopic (exact) mass is 636 g/mol. The molecule has 3 amide bonds. The number of thioether (sulfide) groups is 2. The average molecular weight is 637 g/mol. The van der Waals surface area contributed by atoms with Gasteiger partial charge in [-0.2, -0.15) is 0 Å². The van der Waals surface area contributed by atoms with Crippen LogP contribution in [0.15, 0.2) is 75.8 Å². The number of para-hydroxylation sites is 2. The van der Waals surface area contributed by atoms with Crippen LogP contribution in [0.1, 0.15) is 18.5 Å². The van der Waals surface area contributed by atoms with Gasteiger partial charge in [-0.25, -0.2) is 19.0 Å². The number of amides is 3. The Morgan fingerprint density at radius 3 is 2.59 bits per heavy atom. The molecule has 17 heteroatoms. The van der Waals surface area contributed by atoms with Crippen LogP contribution in [0.3, 0.4) is 0 Å². The number of rotatable bonds is 8. The SMILES string of the molecule is CC(Sc1cnn[nH]1)C1=C(C(=O)O)N2C(=O)C(NC(=O)C(NC(=O)n3c(=O)[nH]c4ccccc43)c3ccc(O)cc3)[C@@H]2SC1. The molecule has 4 atom stereocenters. The first kappa shape index (κ1) is 29.1. The number of carbonyl (C=O) groups is 4. The van der Waals surface area contributed by atoms with Gasteiger partial charge in [0.2, 0.25) is 5.91 Å². The van der Waals surface area contributed by atoms with Gasteiger partial charge in [-0.15, -0.1) is 16.9 Å². The van der Waals surface area contributed by atoms with Gasteiger partial charge in [0, 0.05) is 11.0 Å². The Hall–Kier alpha value is -5.03. The second kappa shape index (κ2) is 11.6. The van der Waals surface area contributed by atoms with E-state index in [1.807, 2.05) is 6.92 Å². The molecule has 2 aliphatic heterocycles. The predicted octanol–water partition coefficient (Wildman–Crippen LogP) is 1.37. The number of fused-ring (bicyclic) bond motifs is 2. The maximum Gasteiger partial charge on any atom is 0.352 e. The number of aromatic amines is 2. The highest BCUT2D eigenvalue weighted by atomic mass is 32.2. The van der Waals surface area contributed by atoms with E-state index in [0.29, 0.717) is 27.4 Å². The van der Waals surface area contributed by atoms with Crippen molar-refractivity contribution in [3.05, 3.63) is 82.0 Å². The summed E-state index contributed by atoms with van der Waals surface area (Å²) in [5.41, 5.74) is 0.673. The quantitative estimate of drug-likeness (QED) is 0.120. The molecule has 4 aromatic rings. The van der Waals surface area contributed by atoms with Crippen molar-refractivity contribution < 1.29 is 29.4 Å². The molecule has 2 aliphatic rings. The van der Waals surface area contributed by atoms with Crippen LogP contribution in [-0.2, 0) is 14.4 Å². The number of phenolic OH excluding ortho intramolecular Hbond substituents is 1. The van der Waals surface area contributed by atoms with Gasteiger partial charge in [0.1, 0.15) is 33.9 Å². The molecule has 0 saturated carbocycles.